The van der Waals surface area contributed by atoms with Crippen molar-refractivity contribution >= 4 is 17.6 Å². The second-order valence-electron chi connectivity index (χ2n) is 8.02. The summed E-state index contributed by atoms with van der Waals surface area (Å²) in [6.45, 7) is 12.4. The van der Waals surface area contributed by atoms with Crippen molar-refractivity contribution in [1.29, 1.82) is 0 Å². The molecular weight excluding hydrogens is 342 g/mol. The molecule has 3 N–H and O–H groups in total. The fourth-order valence-electron chi connectivity index (χ4n) is 3.04. The summed E-state index contributed by atoms with van der Waals surface area (Å²) in [6, 6.07) is 4.61. The number of nitrogens with one attached hydrogen (secondary N) is 3. The molecule has 1 aliphatic rings. The predicted molar refractivity (Wildman–Crippen MR) is 108 cm³/mol. The maximum absolute atomic E-state index is 13.0. The lowest BCUT2D eigenvalue weighted by atomic mass is 9.97. The number of aryl methyl sites for hydroxylation is 2. The van der Waals surface area contributed by atoms with Crippen molar-refractivity contribution in [3.63, 3.8) is 0 Å². The van der Waals surface area contributed by atoms with Crippen LogP contribution in [0.1, 0.15) is 45.2 Å². The number of piperazine rings is 1. The van der Waals surface area contributed by atoms with E-state index >= 15 is 0 Å². The second kappa shape index (κ2) is 9.33. The zero-order chi connectivity index (χ0) is 20.1. The van der Waals surface area contributed by atoms with Crippen molar-refractivity contribution in [2.75, 3.05) is 11.9 Å². The summed E-state index contributed by atoms with van der Waals surface area (Å²) >= 11 is 0. The molecule has 4 unspecified atom stereocenters. The first-order valence-electron chi connectivity index (χ1n) is 9.76. The van der Waals surface area contributed by atoms with E-state index < -0.39 is 12.1 Å². The third-order valence-electron chi connectivity index (χ3n) is 5.10. The highest BCUT2D eigenvalue weighted by molar-refractivity contribution is 5.99. The first-order valence-corrected chi connectivity index (χ1v) is 9.76. The molecule has 4 atom stereocenters. The monoisotopic (exact) mass is 375 g/mol. The minimum Gasteiger partial charge on any atom is -0.464 e. The summed E-state index contributed by atoms with van der Waals surface area (Å²) in [4.78, 5) is 25.6. The van der Waals surface area contributed by atoms with Crippen LogP contribution in [-0.4, -0.2) is 42.7 Å². The molecule has 1 saturated heterocycles. The van der Waals surface area contributed by atoms with Crippen LogP contribution >= 0.6 is 0 Å². The number of esters is 1. The van der Waals surface area contributed by atoms with E-state index in [1.165, 1.54) is 0 Å². The van der Waals surface area contributed by atoms with Gasteiger partial charge < -0.3 is 10.1 Å². The maximum atomic E-state index is 13.0. The van der Waals surface area contributed by atoms with Gasteiger partial charge in [-0.15, -0.1) is 0 Å². The lowest BCUT2D eigenvalue weighted by Crippen LogP contribution is -2.69. The average molecular weight is 376 g/mol. The van der Waals surface area contributed by atoms with E-state index in [9.17, 15) is 9.59 Å². The van der Waals surface area contributed by atoms with Gasteiger partial charge in [0.2, 0.25) is 5.91 Å². The fourth-order valence-corrected chi connectivity index (χ4v) is 3.04. The van der Waals surface area contributed by atoms with E-state index in [-0.39, 0.29) is 24.0 Å². The van der Waals surface area contributed by atoms with Crippen LogP contribution in [0.4, 0.5) is 5.69 Å². The van der Waals surface area contributed by atoms with E-state index in [0.717, 1.165) is 23.2 Å². The summed E-state index contributed by atoms with van der Waals surface area (Å²) in [5, 5.41) is 9.49. The van der Waals surface area contributed by atoms with E-state index in [4.69, 9.17) is 4.74 Å². The molecule has 6 nitrogen and oxygen atoms in total. The molecule has 1 fully saturated rings. The molecule has 0 radical (unpaired) electrons. The molecule has 0 bridgehead atoms. The lowest BCUT2D eigenvalue weighted by Gasteiger charge is -2.39. The van der Waals surface area contributed by atoms with Crippen molar-refractivity contribution in [2.24, 2.45) is 5.92 Å². The van der Waals surface area contributed by atoms with Crippen molar-refractivity contribution in [1.82, 2.24) is 10.6 Å². The number of ether oxygens (including phenoxy) is 1. The first kappa shape index (κ1) is 21.4. The van der Waals surface area contributed by atoms with Crippen LogP contribution in [-0.2, 0) is 14.3 Å². The molecule has 1 aliphatic heterocycles. The molecule has 6 heteroatoms. The summed E-state index contributed by atoms with van der Waals surface area (Å²) < 4.78 is 5.43. The molecule has 0 aromatic heterocycles. The van der Waals surface area contributed by atoms with Gasteiger partial charge in [-0.1, -0.05) is 26.0 Å². The number of rotatable bonds is 6. The maximum Gasteiger partial charge on any atom is 0.325 e. The van der Waals surface area contributed by atoms with Crippen molar-refractivity contribution < 1.29 is 14.3 Å². The topological polar surface area (TPSA) is 79.5 Å². The number of hydrogen-bond acceptors (Lipinski definition) is 5. The fraction of sp³-hybridized carbons (Fsp3) is 0.619. The highest BCUT2D eigenvalue weighted by atomic mass is 16.5. The van der Waals surface area contributed by atoms with Crippen LogP contribution in [0.15, 0.2) is 18.2 Å². The van der Waals surface area contributed by atoms with E-state index in [1.807, 2.05) is 45.9 Å². The van der Waals surface area contributed by atoms with Crippen LogP contribution in [0.2, 0.25) is 0 Å². The van der Waals surface area contributed by atoms with Crippen molar-refractivity contribution in [3.8, 4) is 0 Å². The molecular formula is C21H33N3O3. The molecule has 1 heterocycles. The summed E-state index contributed by atoms with van der Waals surface area (Å²) in [5.74, 6) is -0.165. The van der Waals surface area contributed by atoms with Crippen LogP contribution in [0.3, 0.4) is 0 Å². The molecule has 0 spiro atoms. The van der Waals surface area contributed by atoms with Crippen LogP contribution in [0.25, 0.3) is 0 Å². The van der Waals surface area contributed by atoms with Gasteiger partial charge in [0, 0.05) is 17.8 Å². The number of amides is 1. The molecule has 1 aromatic carbocycles. The standard InChI is InChI=1S/C21H33N3O3/c1-12(2)9-10-27-21(26)19-18(22-15(5)16(6)23-19)20(25)24-17-11-13(3)7-8-14(17)4/h7-8,11-12,15-16,18-19,22-23H,9-10H2,1-6H3,(H,24,25). The van der Waals surface area contributed by atoms with Crippen molar-refractivity contribution in [2.45, 2.75) is 72.1 Å². The summed E-state index contributed by atoms with van der Waals surface area (Å²) in [7, 11) is 0. The van der Waals surface area contributed by atoms with Gasteiger partial charge in [-0.3, -0.25) is 20.2 Å². The van der Waals surface area contributed by atoms with Gasteiger partial charge in [0.05, 0.1) is 6.61 Å². The molecule has 150 valence electrons. The summed E-state index contributed by atoms with van der Waals surface area (Å²) in [5.41, 5.74) is 2.81. The van der Waals surface area contributed by atoms with Crippen LogP contribution < -0.4 is 16.0 Å². The van der Waals surface area contributed by atoms with Crippen LogP contribution in [0.5, 0.6) is 0 Å². The Morgan fingerprint density at radius 1 is 1.11 bits per heavy atom. The Balaban J connectivity index is 2.12. The Morgan fingerprint density at radius 3 is 2.37 bits per heavy atom. The van der Waals surface area contributed by atoms with Gasteiger partial charge in [-0.2, -0.15) is 0 Å². The Kier molecular flexibility index (Phi) is 7.39. The smallest absolute Gasteiger partial charge is 0.325 e. The molecule has 1 amide bonds. The molecule has 0 aliphatic carbocycles. The predicted octanol–water partition coefficient (Wildman–Crippen LogP) is 2.54. The van der Waals surface area contributed by atoms with Gasteiger partial charge in [-0.25, -0.2) is 0 Å². The Bertz CT molecular complexity index is 675. The largest absolute Gasteiger partial charge is 0.464 e. The molecule has 2 rings (SSSR count). The van der Waals surface area contributed by atoms with E-state index in [2.05, 4.69) is 29.8 Å². The van der Waals surface area contributed by atoms with E-state index in [1.54, 1.807) is 0 Å². The highest BCUT2D eigenvalue weighted by Gasteiger charge is 2.41. The van der Waals surface area contributed by atoms with Crippen molar-refractivity contribution in [3.05, 3.63) is 29.3 Å². The highest BCUT2D eigenvalue weighted by Crippen LogP contribution is 2.18. The van der Waals surface area contributed by atoms with Gasteiger partial charge in [0.1, 0.15) is 12.1 Å². The van der Waals surface area contributed by atoms with Gasteiger partial charge in [0.25, 0.3) is 0 Å². The minimum absolute atomic E-state index is 0.0532. The zero-order valence-corrected chi connectivity index (χ0v) is 17.3. The van der Waals surface area contributed by atoms with Gasteiger partial charge >= 0.3 is 5.97 Å². The zero-order valence-electron chi connectivity index (χ0n) is 17.3. The Labute approximate surface area is 162 Å². The quantitative estimate of drug-likeness (QED) is 0.666. The van der Waals surface area contributed by atoms with E-state index in [0.29, 0.717) is 12.5 Å². The molecule has 27 heavy (non-hydrogen) atoms. The SMILES string of the molecule is Cc1ccc(C)c(NC(=O)C2NC(C)C(C)NC2C(=O)OCCC(C)C)c1. The summed E-state index contributed by atoms with van der Waals surface area (Å²) in [6.07, 6.45) is 0.803. The third-order valence-corrected chi connectivity index (χ3v) is 5.10. The molecule has 0 saturated carbocycles. The number of anilines is 1. The molecule has 1 aromatic rings. The lowest BCUT2D eigenvalue weighted by molar-refractivity contribution is -0.150. The Morgan fingerprint density at radius 2 is 1.74 bits per heavy atom. The average Bonchev–Trinajstić information content (AvgIpc) is 2.59. The van der Waals surface area contributed by atoms with Gasteiger partial charge in [-0.05, 0) is 57.2 Å². The number of hydrogen-bond donors (Lipinski definition) is 3. The Hall–Kier alpha value is -1.92. The van der Waals surface area contributed by atoms with Gasteiger partial charge in [0.15, 0.2) is 0 Å². The second-order valence-corrected chi connectivity index (χ2v) is 8.02. The number of carbonyl (C=O) groups is 2. The third kappa shape index (κ3) is 5.78. The number of carbonyl (C=O) groups excluding carboxylic acids is 2. The normalized spacial score (nSPS) is 25.3. The first-order chi connectivity index (χ1) is 12.7. The minimum atomic E-state index is -0.714. The number of benzene rings is 1. The van der Waals surface area contributed by atoms with Crippen LogP contribution in [0, 0.1) is 19.8 Å².